The highest BCUT2D eigenvalue weighted by atomic mass is 19.1. The molecule has 1 aromatic carbocycles. The highest BCUT2D eigenvalue weighted by Crippen LogP contribution is 2.22. The summed E-state index contributed by atoms with van der Waals surface area (Å²) in [4.78, 5) is 40.3. The molecule has 194 valence electrons. The van der Waals surface area contributed by atoms with Crippen LogP contribution in [-0.4, -0.2) is 47.8 Å². The van der Waals surface area contributed by atoms with Gasteiger partial charge in [-0.1, -0.05) is 51.9 Å². The lowest BCUT2D eigenvalue weighted by molar-refractivity contribution is -0.136. The van der Waals surface area contributed by atoms with Crippen LogP contribution < -0.4 is 10.6 Å². The number of nitrogens with zero attached hydrogens (tertiary/aromatic N) is 1. The zero-order valence-electron chi connectivity index (χ0n) is 21.2. The highest BCUT2D eigenvalue weighted by Gasteiger charge is 2.33. The fraction of sp³-hybridized carbons (Fsp3) is 0.679. The normalized spacial score (nSPS) is 22.5. The first-order valence-corrected chi connectivity index (χ1v) is 13.6. The standard InChI is InChI=1S/C28H42FN3O3/c1-2-3-4-5-6-7-14-26(33)32-19-10-11-22(20-32)28(35)31-25-13-9-8-12-24(25)30-27(34)21-15-17-23(29)18-16-21/h15-18,22,24-25H,2-14,19-20H2,1H3,(H,30,34)(H,31,35)/t22-,24+,25+/m0/s1. The fourth-order valence-corrected chi connectivity index (χ4v) is 5.26. The first-order valence-electron chi connectivity index (χ1n) is 13.6. The third-order valence-electron chi connectivity index (χ3n) is 7.41. The Labute approximate surface area is 209 Å². The van der Waals surface area contributed by atoms with Crippen LogP contribution in [0.4, 0.5) is 4.39 Å². The summed E-state index contributed by atoms with van der Waals surface area (Å²) < 4.78 is 13.2. The van der Waals surface area contributed by atoms with Gasteiger partial charge in [0.25, 0.3) is 5.91 Å². The molecule has 1 aromatic rings. The lowest BCUT2D eigenvalue weighted by atomic mass is 9.88. The van der Waals surface area contributed by atoms with Gasteiger partial charge in [-0.15, -0.1) is 0 Å². The summed E-state index contributed by atoms with van der Waals surface area (Å²) in [5.74, 6) is -0.681. The number of likely N-dealkylation sites (tertiary alicyclic amines) is 1. The van der Waals surface area contributed by atoms with Crippen LogP contribution in [0.25, 0.3) is 0 Å². The fourth-order valence-electron chi connectivity index (χ4n) is 5.26. The van der Waals surface area contributed by atoms with E-state index in [0.717, 1.165) is 57.9 Å². The maximum absolute atomic E-state index is 13.2. The van der Waals surface area contributed by atoms with Gasteiger partial charge in [0, 0.05) is 37.2 Å². The molecule has 0 radical (unpaired) electrons. The van der Waals surface area contributed by atoms with Crippen molar-refractivity contribution in [1.29, 1.82) is 0 Å². The predicted molar refractivity (Wildman–Crippen MR) is 135 cm³/mol. The van der Waals surface area contributed by atoms with Crippen molar-refractivity contribution >= 4 is 17.7 Å². The molecule has 7 heteroatoms. The lowest BCUT2D eigenvalue weighted by Crippen LogP contribution is -2.55. The Morgan fingerprint density at radius 2 is 1.54 bits per heavy atom. The Balaban J connectivity index is 1.47. The molecule has 0 unspecified atom stereocenters. The largest absolute Gasteiger partial charge is 0.351 e. The molecule has 2 N–H and O–H groups in total. The van der Waals surface area contributed by atoms with Crippen molar-refractivity contribution in [3.05, 3.63) is 35.6 Å². The molecule has 1 saturated carbocycles. The molecule has 1 saturated heterocycles. The Kier molecular flexibility index (Phi) is 11.0. The third-order valence-corrected chi connectivity index (χ3v) is 7.41. The Morgan fingerprint density at radius 3 is 2.26 bits per heavy atom. The number of amides is 3. The molecular formula is C28H42FN3O3. The van der Waals surface area contributed by atoms with Gasteiger partial charge in [-0.25, -0.2) is 4.39 Å². The van der Waals surface area contributed by atoms with E-state index >= 15 is 0 Å². The minimum atomic E-state index is -0.378. The molecule has 6 nitrogen and oxygen atoms in total. The minimum Gasteiger partial charge on any atom is -0.351 e. The van der Waals surface area contributed by atoms with E-state index in [0.29, 0.717) is 18.5 Å². The Bertz CT molecular complexity index is 829. The number of halogens is 1. The third kappa shape index (κ3) is 8.62. The number of rotatable bonds is 11. The van der Waals surface area contributed by atoms with Gasteiger partial charge in [0.05, 0.1) is 5.92 Å². The molecule has 0 spiro atoms. The van der Waals surface area contributed by atoms with Gasteiger partial charge in [0.15, 0.2) is 0 Å². The van der Waals surface area contributed by atoms with Gasteiger partial charge in [0.2, 0.25) is 11.8 Å². The number of hydrogen-bond donors (Lipinski definition) is 2. The Hall–Kier alpha value is -2.44. The van der Waals surface area contributed by atoms with Crippen molar-refractivity contribution in [3.8, 4) is 0 Å². The first-order chi connectivity index (χ1) is 17.0. The van der Waals surface area contributed by atoms with Crippen molar-refractivity contribution in [2.45, 2.75) is 102 Å². The van der Waals surface area contributed by atoms with Gasteiger partial charge in [-0.3, -0.25) is 14.4 Å². The van der Waals surface area contributed by atoms with E-state index in [9.17, 15) is 18.8 Å². The second-order valence-corrected chi connectivity index (χ2v) is 10.2. The number of carbonyl (C=O) groups is 3. The maximum atomic E-state index is 13.2. The molecular weight excluding hydrogens is 445 g/mol. The summed E-state index contributed by atoms with van der Waals surface area (Å²) in [7, 11) is 0. The van der Waals surface area contributed by atoms with Crippen LogP contribution in [0.5, 0.6) is 0 Å². The van der Waals surface area contributed by atoms with Gasteiger partial charge >= 0.3 is 0 Å². The zero-order valence-corrected chi connectivity index (χ0v) is 21.2. The van der Waals surface area contributed by atoms with Gasteiger partial charge in [0.1, 0.15) is 5.82 Å². The van der Waals surface area contributed by atoms with E-state index < -0.39 is 0 Å². The van der Waals surface area contributed by atoms with E-state index in [4.69, 9.17) is 0 Å². The predicted octanol–water partition coefficient (Wildman–Crippen LogP) is 4.97. The van der Waals surface area contributed by atoms with Crippen LogP contribution in [0, 0.1) is 11.7 Å². The number of unbranched alkanes of at least 4 members (excludes halogenated alkanes) is 5. The van der Waals surface area contributed by atoms with E-state index in [-0.39, 0.29) is 41.5 Å². The van der Waals surface area contributed by atoms with Gasteiger partial charge < -0.3 is 15.5 Å². The summed E-state index contributed by atoms with van der Waals surface area (Å²) in [6, 6.07) is 5.21. The van der Waals surface area contributed by atoms with Crippen LogP contribution in [-0.2, 0) is 9.59 Å². The maximum Gasteiger partial charge on any atom is 0.251 e. The minimum absolute atomic E-state index is 0.0185. The zero-order chi connectivity index (χ0) is 25.0. The topological polar surface area (TPSA) is 78.5 Å². The molecule has 1 aliphatic carbocycles. The average Bonchev–Trinajstić information content (AvgIpc) is 2.87. The van der Waals surface area contributed by atoms with Crippen LogP contribution in [0.3, 0.4) is 0 Å². The quantitative estimate of drug-likeness (QED) is 0.433. The summed E-state index contributed by atoms with van der Waals surface area (Å²) in [6.45, 7) is 3.42. The smallest absolute Gasteiger partial charge is 0.251 e. The molecule has 3 rings (SSSR count). The van der Waals surface area contributed by atoms with Gasteiger partial charge in [-0.05, 0) is 56.4 Å². The van der Waals surface area contributed by atoms with Crippen LogP contribution in [0.1, 0.15) is 101 Å². The summed E-state index contributed by atoms with van der Waals surface area (Å²) in [5.41, 5.74) is 0.411. The van der Waals surface area contributed by atoms with Crippen molar-refractivity contribution in [1.82, 2.24) is 15.5 Å². The first kappa shape index (κ1) is 27.2. The summed E-state index contributed by atoms with van der Waals surface area (Å²) in [6.07, 6.45) is 12.7. The lowest BCUT2D eigenvalue weighted by Gasteiger charge is -2.36. The van der Waals surface area contributed by atoms with Crippen molar-refractivity contribution in [3.63, 3.8) is 0 Å². The molecule has 1 aliphatic heterocycles. The highest BCUT2D eigenvalue weighted by molar-refractivity contribution is 5.94. The van der Waals surface area contributed by atoms with Crippen LogP contribution in [0.2, 0.25) is 0 Å². The summed E-state index contributed by atoms with van der Waals surface area (Å²) >= 11 is 0. The van der Waals surface area contributed by atoms with Gasteiger partial charge in [-0.2, -0.15) is 0 Å². The van der Waals surface area contributed by atoms with E-state index in [1.165, 1.54) is 49.9 Å². The molecule has 0 aromatic heterocycles. The molecule has 35 heavy (non-hydrogen) atoms. The van der Waals surface area contributed by atoms with Crippen molar-refractivity contribution < 1.29 is 18.8 Å². The molecule has 1 heterocycles. The van der Waals surface area contributed by atoms with Crippen LogP contribution >= 0.6 is 0 Å². The van der Waals surface area contributed by atoms with Crippen LogP contribution in [0.15, 0.2) is 24.3 Å². The van der Waals surface area contributed by atoms with Crippen molar-refractivity contribution in [2.75, 3.05) is 13.1 Å². The molecule has 0 bridgehead atoms. The van der Waals surface area contributed by atoms with E-state index in [2.05, 4.69) is 17.6 Å². The van der Waals surface area contributed by atoms with E-state index in [1.807, 2.05) is 4.90 Å². The molecule has 3 amide bonds. The number of carbonyl (C=O) groups excluding carboxylic acids is 3. The number of benzene rings is 1. The molecule has 2 fully saturated rings. The summed E-state index contributed by atoms with van der Waals surface area (Å²) in [5, 5.41) is 6.22. The molecule has 2 aliphatic rings. The number of piperidine rings is 1. The second-order valence-electron chi connectivity index (χ2n) is 10.2. The number of nitrogens with one attached hydrogen (secondary N) is 2. The monoisotopic (exact) mass is 487 g/mol. The van der Waals surface area contributed by atoms with Crippen molar-refractivity contribution in [2.24, 2.45) is 5.92 Å². The SMILES string of the molecule is CCCCCCCCC(=O)N1CCC[C@H](C(=O)N[C@@H]2CCCC[C@H]2NC(=O)c2ccc(F)cc2)C1. The average molecular weight is 488 g/mol. The van der Waals surface area contributed by atoms with E-state index in [1.54, 1.807) is 0 Å². The molecule has 3 atom stereocenters. The Morgan fingerprint density at radius 1 is 0.886 bits per heavy atom. The second kappa shape index (κ2) is 14.2. The number of hydrogen-bond acceptors (Lipinski definition) is 3.